The maximum Gasteiger partial charge on any atom is 0.256 e. The molecule has 0 saturated heterocycles. The lowest BCUT2D eigenvalue weighted by atomic mass is 10.1. The number of nitrogens with zero attached hydrogens (tertiary/aromatic N) is 1. The number of amides is 1. The largest absolute Gasteiger partial charge is 0.396 e. The second-order valence-electron chi connectivity index (χ2n) is 4.52. The van der Waals surface area contributed by atoms with E-state index in [4.69, 9.17) is 11.0 Å². The fraction of sp³-hybridized carbons (Fsp3) is 0.200. The van der Waals surface area contributed by atoms with Gasteiger partial charge in [0.2, 0.25) is 0 Å². The first-order valence-corrected chi connectivity index (χ1v) is 7.23. The third-order valence-corrected chi connectivity index (χ3v) is 4.27. The highest BCUT2D eigenvalue weighted by molar-refractivity contribution is 7.17. The second kappa shape index (κ2) is 6.29. The molecule has 4 N–H and O–H groups in total. The van der Waals surface area contributed by atoms with Crippen LogP contribution in [0.3, 0.4) is 0 Å². The molecule has 0 saturated carbocycles. The molecule has 6 heteroatoms. The molecule has 5 nitrogen and oxygen atoms in total. The highest BCUT2D eigenvalue weighted by Gasteiger charge is 2.21. The Morgan fingerprint density at radius 3 is 2.76 bits per heavy atom. The molecule has 108 valence electrons. The van der Waals surface area contributed by atoms with Crippen LogP contribution in [0.5, 0.6) is 0 Å². The molecule has 1 amide bonds. The van der Waals surface area contributed by atoms with Crippen molar-refractivity contribution in [2.75, 3.05) is 18.1 Å². The molecule has 2 rings (SSSR count). The van der Waals surface area contributed by atoms with E-state index in [-0.39, 0.29) is 11.6 Å². The van der Waals surface area contributed by atoms with Crippen LogP contribution in [-0.4, -0.2) is 13.0 Å². The fourth-order valence-electron chi connectivity index (χ4n) is 1.99. The summed E-state index contributed by atoms with van der Waals surface area (Å²) in [5.41, 5.74) is 8.74. The van der Waals surface area contributed by atoms with Crippen LogP contribution in [0.15, 0.2) is 24.3 Å². The molecule has 0 aliphatic rings. The molecule has 0 bridgehead atoms. The predicted molar refractivity (Wildman–Crippen MR) is 85.3 cm³/mol. The number of benzene rings is 1. The summed E-state index contributed by atoms with van der Waals surface area (Å²) < 4.78 is 0. The average Bonchev–Trinajstić information content (AvgIpc) is 2.81. The first-order valence-electron chi connectivity index (χ1n) is 6.41. The van der Waals surface area contributed by atoms with E-state index in [2.05, 4.69) is 10.6 Å². The molecule has 0 aliphatic heterocycles. The standard InChI is InChI=1S/C15H16N4OS/c1-9-5-3-4-6-10(9)8-19-15-12(14(20)18-2)13(17)11(7-16)21-15/h3-6,19H,8,17H2,1-2H3,(H,18,20). The highest BCUT2D eigenvalue weighted by Crippen LogP contribution is 2.35. The summed E-state index contributed by atoms with van der Waals surface area (Å²) in [5.74, 6) is -0.294. The molecule has 0 radical (unpaired) electrons. The van der Waals surface area contributed by atoms with E-state index < -0.39 is 0 Å². The van der Waals surface area contributed by atoms with Crippen LogP contribution in [0.4, 0.5) is 10.7 Å². The third kappa shape index (κ3) is 2.98. The minimum Gasteiger partial charge on any atom is -0.396 e. The summed E-state index contributed by atoms with van der Waals surface area (Å²) >= 11 is 1.20. The van der Waals surface area contributed by atoms with Crippen molar-refractivity contribution in [2.45, 2.75) is 13.5 Å². The van der Waals surface area contributed by atoms with Crippen LogP contribution in [0.2, 0.25) is 0 Å². The Hall–Kier alpha value is -2.52. The summed E-state index contributed by atoms with van der Waals surface area (Å²) in [6.45, 7) is 2.60. The van der Waals surface area contributed by atoms with Gasteiger partial charge in [0.25, 0.3) is 5.91 Å². The lowest BCUT2D eigenvalue weighted by Crippen LogP contribution is -2.20. The molecule has 0 aliphatic carbocycles. The Bertz CT molecular complexity index is 715. The van der Waals surface area contributed by atoms with Gasteiger partial charge in [-0.15, -0.1) is 11.3 Å². The van der Waals surface area contributed by atoms with Gasteiger partial charge in [0.1, 0.15) is 15.9 Å². The molecule has 1 aromatic heterocycles. The number of hydrogen-bond acceptors (Lipinski definition) is 5. The van der Waals surface area contributed by atoms with E-state index in [0.717, 1.165) is 11.1 Å². The van der Waals surface area contributed by atoms with E-state index in [9.17, 15) is 4.79 Å². The van der Waals surface area contributed by atoms with Gasteiger partial charge < -0.3 is 16.4 Å². The maximum absolute atomic E-state index is 11.9. The van der Waals surface area contributed by atoms with Crippen molar-refractivity contribution >= 4 is 27.9 Å². The summed E-state index contributed by atoms with van der Waals surface area (Å²) in [6, 6.07) is 10.0. The first kappa shape index (κ1) is 14.9. The number of anilines is 2. The molecule has 0 unspecified atom stereocenters. The normalized spacial score (nSPS) is 9.95. The monoisotopic (exact) mass is 300 g/mol. The van der Waals surface area contributed by atoms with Gasteiger partial charge in [-0.2, -0.15) is 5.26 Å². The lowest BCUT2D eigenvalue weighted by Gasteiger charge is -2.09. The quantitative estimate of drug-likeness (QED) is 0.809. The Balaban J connectivity index is 2.30. The van der Waals surface area contributed by atoms with Crippen LogP contribution in [0.25, 0.3) is 0 Å². The van der Waals surface area contributed by atoms with Gasteiger partial charge in [-0.1, -0.05) is 24.3 Å². The summed E-state index contributed by atoms with van der Waals surface area (Å²) in [5, 5.41) is 15.4. The Morgan fingerprint density at radius 1 is 1.43 bits per heavy atom. The number of aryl methyl sites for hydroxylation is 1. The molecule has 21 heavy (non-hydrogen) atoms. The molecule has 0 atom stereocenters. The van der Waals surface area contributed by atoms with Crippen LogP contribution in [0.1, 0.15) is 26.4 Å². The van der Waals surface area contributed by atoms with Crippen LogP contribution in [-0.2, 0) is 6.54 Å². The summed E-state index contributed by atoms with van der Waals surface area (Å²) in [4.78, 5) is 12.3. The van der Waals surface area contributed by atoms with Crippen molar-refractivity contribution < 1.29 is 4.79 Å². The van der Waals surface area contributed by atoms with Gasteiger partial charge in [-0.3, -0.25) is 4.79 Å². The van der Waals surface area contributed by atoms with Gasteiger partial charge in [-0.25, -0.2) is 0 Å². The second-order valence-corrected chi connectivity index (χ2v) is 5.54. The number of thiophene rings is 1. The fourth-order valence-corrected chi connectivity index (χ4v) is 2.90. The van der Waals surface area contributed by atoms with E-state index in [1.807, 2.05) is 37.3 Å². The molecular formula is C15H16N4OS. The molecule has 0 fully saturated rings. The third-order valence-electron chi connectivity index (χ3n) is 3.20. The minimum atomic E-state index is -0.294. The van der Waals surface area contributed by atoms with Gasteiger partial charge in [0, 0.05) is 13.6 Å². The number of carbonyl (C=O) groups is 1. The summed E-state index contributed by atoms with van der Waals surface area (Å²) in [7, 11) is 1.54. The van der Waals surface area contributed by atoms with E-state index >= 15 is 0 Å². The van der Waals surface area contributed by atoms with E-state index in [0.29, 0.717) is 22.0 Å². The van der Waals surface area contributed by atoms with E-state index in [1.54, 1.807) is 0 Å². The van der Waals surface area contributed by atoms with Gasteiger partial charge >= 0.3 is 0 Å². The van der Waals surface area contributed by atoms with Gasteiger partial charge in [0.05, 0.1) is 11.3 Å². The number of nitriles is 1. The summed E-state index contributed by atoms with van der Waals surface area (Å²) in [6.07, 6.45) is 0. The van der Waals surface area contributed by atoms with Crippen LogP contribution < -0.4 is 16.4 Å². The number of hydrogen-bond donors (Lipinski definition) is 3. The smallest absolute Gasteiger partial charge is 0.256 e. The Labute approximate surface area is 127 Å². The van der Waals surface area contributed by atoms with Crippen molar-refractivity contribution in [3.05, 3.63) is 45.8 Å². The number of rotatable bonds is 4. The zero-order valence-electron chi connectivity index (χ0n) is 11.9. The van der Waals surface area contributed by atoms with Crippen molar-refractivity contribution in [3.63, 3.8) is 0 Å². The van der Waals surface area contributed by atoms with Crippen molar-refractivity contribution in [1.82, 2.24) is 5.32 Å². The van der Waals surface area contributed by atoms with Crippen LogP contribution >= 0.6 is 11.3 Å². The molecule has 0 spiro atoms. The topological polar surface area (TPSA) is 90.9 Å². The van der Waals surface area contributed by atoms with Gasteiger partial charge in [-0.05, 0) is 18.1 Å². The van der Waals surface area contributed by atoms with E-state index in [1.165, 1.54) is 18.4 Å². The minimum absolute atomic E-state index is 0.231. The zero-order chi connectivity index (χ0) is 15.4. The number of nitrogens with two attached hydrogens (primary N) is 1. The number of nitrogens with one attached hydrogen (secondary N) is 2. The SMILES string of the molecule is CNC(=O)c1c(NCc2ccccc2C)sc(C#N)c1N. The Kier molecular flexibility index (Phi) is 4.45. The van der Waals surface area contributed by atoms with Crippen molar-refractivity contribution in [1.29, 1.82) is 5.26 Å². The maximum atomic E-state index is 11.9. The first-order chi connectivity index (χ1) is 10.1. The molecule has 2 aromatic rings. The Morgan fingerprint density at radius 2 is 2.14 bits per heavy atom. The van der Waals surface area contributed by atoms with Crippen molar-refractivity contribution in [3.8, 4) is 6.07 Å². The van der Waals surface area contributed by atoms with Crippen LogP contribution in [0, 0.1) is 18.3 Å². The molecular weight excluding hydrogens is 284 g/mol. The predicted octanol–water partition coefficient (Wildman–Crippen LogP) is 2.48. The molecule has 1 heterocycles. The average molecular weight is 300 g/mol. The zero-order valence-corrected chi connectivity index (χ0v) is 12.7. The lowest BCUT2D eigenvalue weighted by molar-refractivity contribution is 0.0965. The number of nitrogen functional groups attached to an aromatic ring is 1. The highest BCUT2D eigenvalue weighted by atomic mass is 32.1. The van der Waals surface area contributed by atoms with Gasteiger partial charge in [0.15, 0.2) is 0 Å². The molecule has 1 aromatic carbocycles. The number of carbonyl (C=O) groups excluding carboxylic acids is 1. The van der Waals surface area contributed by atoms with Crippen molar-refractivity contribution in [2.24, 2.45) is 0 Å².